The monoisotopic (exact) mass is 469 g/mol. The van der Waals surface area contributed by atoms with E-state index >= 15 is 0 Å². The van der Waals surface area contributed by atoms with Gasteiger partial charge in [0.2, 0.25) is 10.0 Å². The highest BCUT2D eigenvalue weighted by atomic mass is 32.2. The molecule has 0 amide bonds. The first kappa shape index (κ1) is 22.8. The van der Waals surface area contributed by atoms with Crippen molar-refractivity contribution in [2.45, 2.75) is 49.3 Å². The number of allylic oxidation sites excluding steroid dienone is 3. The molecule has 2 aliphatic rings. The summed E-state index contributed by atoms with van der Waals surface area (Å²) < 4.78 is 28.6. The molecule has 2 aliphatic carbocycles. The molecule has 0 atom stereocenters. The summed E-state index contributed by atoms with van der Waals surface area (Å²) in [5, 5.41) is 0. The Balaban J connectivity index is 1.55. The summed E-state index contributed by atoms with van der Waals surface area (Å²) in [6.07, 6.45) is 8.10. The van der Waals surface area contributed by atoms with Crippen LogP contribution < -0.4 is 4.72 Å². The van der Waals surface area contributed by atoms with Crippen LogP contribution in [0.5, 0.6) is 0 Å². The fourth-order valence-electron chi connectivity index (χ4n) is 5.44. The molecule has 5 rings (SSSR count). The highest BCUT2D eigenvalue weighted by Gasteiger charge is 2.58. The molecular formula is C30H31NO2S. The highest BCUT2D eigenvalue weighted by Crippen LogP contribution is 2.65. The largest absolute Gasteiger partial charge is 0.240 e. The van der Waals surface area contributed by atoms with E-state index in [0.717, 1.165) is 18.4 Å². The van der Waals surface area contributed by atoms with Crippen LogP contribution in [0.3, 0.4) is 0 Å². The number of benzene rings is 3. The number of hydrogen-bond acceptors (Lipinski definition) is 2. The normalized spacial score (nSPS) is 18.8. The molecule has 3 aromatic rings. The summed E-state index contributed by atoms with van der Waals surface area (Å²) in [5.74, 6) is 0. The fourth-order valence-corrected chi connectivity index (χ4v) is 6.40. The van der Waals surface area contributed by atoms with Gasteiger partial charge in [0.25, 0.3) is 0 Å². The van der Waals surface area contributed by atoms with Gasteiger partial charge in [0.1, 0.15) is 0 Å². The van der Waals surface area contributed by atoms with Gasteiger partial charge in [-0.3, -0.25) is 0 Å². The maximum atomic E-state index is 12.9. The molecule has 0 heterocycles. The Morgan fingerprint density at radius 3 is 1.91 bits per heavy atom. The Bertz CT molecular complexity index is 1270. The molecule has 2 fully saturated rings. The van der Waals surface area contributed by atoms with Crippen molar-refractivity contribution in [1.82, 2.24) is 4.72 Å². The van der Waals surface area contributed by atoms with Crippen molar-refractivity contribution in [3.8, 4) is 0 Å². The van der Waals surface area contributed by atoms with Crippen molar-refractivity contribution < 1.29 is 8.42 Å². The number of nitrogens with one attached hydrogen (secondary N) is 1. The summed E-state index contributed by atoms with van der Waals surface area (Å²) in [7, 11) is -3.56. The second kappa shape index (κ2) is 9.36. The number of sulfonamides is 1. The summed E-state index contributed by atoms with van der Waals surface area (Å²) in [4.78, 5) is 0.301. The summed E-state index contributed by atoms with van der Waals surface area (Å²) in [6.45, 7) is 2.22. The van der Waals surface area contributed by atoms with E-state index < -0.39 is 10.0 Å². The van der Waals surface area contributed by atoms with Crippen LogP contribution in [0, 0.1) is 6.92 Å². The zero-order valence-electron chi connectivity index (χ0n) is 19.6. The second-order valence-electron chi connectivity index (χ2n) is 9.30. The second-order valence-corrected chi connectivity index (χ2v) is 11.1. The van der Waals surface area contributed by atoms with Gasteiger partial charge in [-0.25, -0.2) is 13.1 Å². The predicted molar refractivity (Wildman–Crippen MR) is 138 cm³/mol. The van der Waals surface area contributed by atoms with Crippen LogP contribution in [0.25, 0.3) is 0 Å². The maximum absolute atomic E-state index is 12.9. The molecule has 0 unspecified atom stereocenters. The summed E-state index contributed by atoms with van der Waals surface area (Å²) in [6, 6.07) is 28.3. The predicted octanol–water partition coefficient (Wildman–Crippen LogP) is 6.46. The number of rotatable bonds is 6. The van der Waals surface area contributed by atoms with Crippen LogP contribution in [0.4, 0.5) is 0 Å². The molecule has 0 radical (unpaired) electrons. The molecule has 2 saturated carbocycles. The van der Waals surface area contributed by atoms with E-state index in [0.29, 0.717) is 4.90 Å². The lowest BCUT2D eigenvalue weighted by Crippen LogP contribution is -2.24. The molecule has 0 saturated heterocycles. The van der Waals surface area contributed by atoms with E-state index in [-0.39, 0.29) is 12.0 Å². The smallest absolute Gasteiger partial charge is 0.207 e. The lowest BCUT2D eigenvalue weighted by Gasteiger charge is -2.19. The van der Waals surface area contributed by atoms with Crippen LogP contribution in [-0.4, -0.2) is 15.0 Å². The van der Waals surface area contributed by atoms with Crippen LogP contribution in [0.2, 0.25) is 0 Å². The Hall–Kier alpha value is -2.95. The van der Waals surface area contributed by atoms with E-state index in [4.69, 9.17) is 0 Å². The number of aryl methyl sites for hydroxylation is 1. The van der Waals surface area contributed by atoms with E-state index in [2.05, 4.69) is 71.5 Å². The summed E-state index contributed by atoms with van der Waals surface area (Å²) >= 11 is 0. The molecular weight excluding hydrogens is 438 g/mol. The van der Waals surface area contributed by atoms with Crippen molar-refractivity contribution in [2.75, 3.05) is 6.54 Å². The minimum absolute atomic E-state index is 0.268. The first-order valence-corrected chi connectivity index (χ1v) is 13.6. The van der Waals surface area contributed by atoms with E-state index in [1.165, 1.54) is 47.1 Å². The Kier molecular flexibility index (Phi) is 6.28. The van der Waals surface area contributed by atoms with Crippen LogP contribution in [0.15, 0.2) is 113 Å². The molecule has 174 valence electrons. The van der Waals surface area contributed by atoms with Gasteiger partial charge in [-0.05, 0) is 67.0 Å². The van der Waals surface area contributed by atoms with Gasteiger partial charge in [0.15, 0.2) is 0 Å². The minimum Gasteiger partial charge on any atom is -0.207 e. The third kappa shape index (κ3) is 4.17. The standard InChI is InChI=1S/C30H31NO2S/c1-23-17-19-27(20-18-23)34(32,33)31-22-21-28-29(24-11-5-2-6-12-24)30(28,25-13-7-3-8-14-25)26-15-9-4-10-16-26/h3-4,7-10,13-21,31H,2,5-6,11-12,22H2,1H3/b28-21+. The van der Waals surface area contributed by atoms with Gasteiger partial charge in [-0.1, -0.05) is 96.4 Å². The quantitative estimate of drug-likeness (QED) is 0.450. The third-order valence-corrected chi connectivity index (χ3v) is 8.56. The van der Waals surface area contributed by atoms with Crippen molar-refractivity contribution in [3.05, 3.63) is 124 Å². The Labute approximate surface area is 203 Å². The van der Waals surface area contributed by atoms with E-state index in [9.17, 15) is 8.42 Å². The maximum Gasteiger partial charge on any atom is 0.240 e. The first-order valence-electron chi connectivity index (χ1n) is 12.1. The Morgan fingerprint density at radius 2 is 1.35 bits per heavy atom. The summed E-state index contributed by atoms with van der Waals surface area (Å²) in [5.41, 5.74) is 7.44. The molecule has 1 N–H and O–H groups in total. The van der Waals surface area contributed by atoms with Gasteiger partial charge in [0, 0.05) is 6.54 Å². The highest BCUT2D eigenvalue weighted by molar-refractivity contribution is 7.89. The van der Waals surface area contributed by atoms with Crippen molar-refractivity contribution >= 4 is 10.0 Å². The van der Waals surface area contributed by atoms with E-state index in [1.54, 1.807) is 12.1 Å². The lowest BCUT2D eigenvalue weighted by molar-refractivity contribution is 0.585. The molecule has 3 aromatic carbocycles. The fraction of sp³-hybridized carbons (Fsp3) is 0.267. The van der Waals surface area contributed by atoms with Crippen LogP contribution in [0.1, 0.15) is 48.8 Å². The zero-order chi connectivity index (χ0) is 23.6. The molecule has 0 bridgehead atoms. The topological polar surface area (TPSA) is 46.2 Å². The molecule has 34 heavy (non-hydrogen) atoms. The van der Waals surface area contributed by atoms with Gasteiger partial charge >= 0.3 is 0 Å². The van der Waals surface area contributed by atoms with Crippen molar-refractivity contribution in [3.63, 3.8) is 0 Å². The first-order chi connectivity index (χ1) is 16.5. The average molecular weight is 470 g/mol. The molecule has 4 heteroatoms. The van der Waals surface area contributed by atoms with E-state index in [1.807, 2.05) is 19.1 Å². The Morgan fingerprint density at radius 1 is 0.794 bits per heavy atom. The molecule has 0 aromatic heterocycles. The lowest BCUT2D eigenvalue weighted by atomic mass is 9.84. The van der Waals surface area contributed by atoms with Gasteiger partial charge < -0.3 is 0 Å². The zero-order valence-corrected chi connectivity index (χ0v) is 20.4. The van der Waals surface area contributed by atoms with Gasteiger partial charge in [-0.2, -0.15) is 0 Å². The number of hydrogen-bond donors (Lipinski definition) is 1. The molecule has 0 spiro atoms. The average Bonchev–Trinajstić information content (AvgIpc) is 3.55. The van der Waals surface area contributed by atoms with Gasteiger partial charge in [0.05, 0.1) is 10.3 Å². The van der Waals surface area contributed by atoms with Crippen LogP contribution in [-0.2, 0) is 15.4 Å². The molecule has 3 nitrogen and oxygen atoms in total. The van der Waals surface area contributed by atoms with Crippen LogP contribution >= 0.6 is 0 Å². The SMILES string of the molecule is Cc1ccc(S(=O)(=O)NC/C=C2\C(=C3CCCCC3)C2(c2ccccc2)c2ccccc2)cc1. The molecule has 0 aliphatic heterocycles. The van der Waals surface area contributed by atoms with Crippen molar-refractivity contribution in [2.24, 2.45) is 0 Å². The minimum atomic E-state index is -3.56. The third-order valence-electron chi connectivity index (χ3n) is 7.12. The van der Waals surface area contributed by atoms with Crippen molar-refractivity contribution in [1.29, 1.82) is 0 Å². The van der Waals surface area contributed by atoms with Gasteiger partial charge in [-0.15, -0.1) is 0 Å².